The Hall–Kier alpha value is -2.81. The number of nitrogens with one attached hydrogen (secondary N) is 2. The first-order valence-electron chi connectivity index (χ1n) is 10.1. The number of aryl methyl sites for hydroxylation is 1. The predicted molar refractivity (Wildman–Crippen MR) is 133 cm³/mol. The summed E-state index contributed by atoms with van der Waals surface area (Å²) in [4.78, 5) is 25.1. The molecule has 0 saturated heterocycles. The Kier molecular flexibility index (Phi) is 8.55. The van der Waals surface area contributed by atoms with Crippen LogP contribution < -0.4 is 10.6 Å². The van der Waals surface area contributed by atoms with Gasteiger partial charge in [-0.15, -0.1) is 16.8 Å². The van der Waals surface area contributed by atoms with Crippen LogP contribution in [0.1, 0.15) is 28.7 Å². The van der Waals surface area contributed by atoms with Crippen molar-refractivity contribution in [2.75, 3.05) is 5.32 Å². The third-order valence-electron chi connectivity index (χ3n) is 4.63. The first-order chi connectivity index (χ1) is 15.8. The quantitative estimate of drug-likeness (QED) is 0.312. The van der Waals surface area contributed by atoms with E-state index < -0.39 is 5.25 Å². The van der Waals surface area contributed by atoms with Crippen LogP contribution in [0.5, 0.6) is 0 Å². The monoisotopic (exact) mass is 503 g/mol. The number of amides is 2. The van der Waals surface area contributed by atoms with Crippen molar-refractivity contribution in [1.82, 2.24) is 20.1 Å². The van der Waals surface area contributed by atoms with E-state index >= 15 is 0 Å². The van der Waals surface area contributed by atoms with Gasteiger partial charge < -0.3 is 15.2 Å². The van der Waals surface area contributed by atoms with E-state index in [4.69, 9.17) is 23.2 Å². The Morgan fingerprint density at radius 2 is 2.00 bits per heavy atom. The lowest BCUT2D eigenvalue weighted by atomic mass is 10.1. The smallest absolute Gasteiger partial charge is 0.251 e. The molecule has 2 N–H and O–H groups in total. The number of carbonyl (C=O) groups excluding carboxylic acids is 2. The van der Waals surface area contributed by atoms with Crippen molar-refractivity contribution >= 4 is 52.5 Å². The molecule has 172 valence electrons. The van der Waals surface area contributed by atoms with E-state index in [1.807, 2.05) is 29.7 Å². The van der Waals surface area contributed by atoms with Gasteiger partial charge in [0.15, 0.2) is 11.0 Å². The summed E-state index contributed by atoms with van der Waals surface area (Å²) in [5.41, 5.74) is 2.06. The van der Waals surface area contributed by atoms with Gasteiger partial charge in [0.2, 0.25) is 5.91 Å². The second-order valence-electron chi connectivity index (χ2n) is 7.22. The number of allylic oxidation sites excluding steroid dienone is 1. The van der Waals surface area contributed by atoms with Crippen molar-refractivity contribution in [3.8, 4) is 0 Å². The predicted octanol–water partition coefficient (Wildman–Crippen LogP) is 5.13. The van der Waals surface area contributed by atoms with E-state index in [0.29, 0.717) is 38.8 Å². The van der Waals surface area contributed by atoms with Crippen molar-refractivity contribution in [2.24, 2.45) is 0 Å². The largest absolute Gasteiger partial charge is 0.345 e. The minimum atomic E-state index is -0.487. The zero-order valence-corrected chi connectivity index (χ0v) is 20.5. The summed E-state index contributed by atoms with van der Waals surface area (Å²) in [5, 5.41) is 15.0. The summed E-state index contributed by atoms with van der Waals surface area (Å²) in [7, 11) is 0. The van der Waals surface area contributed by atoms with Crippen LogP contribution in [0.15, 0.2) is 60.3 Å². The van der Waals surface area contributed by atoms with E-state index in [9.17, 15) is 9.59 Å². The van der Waals surface area contributed by atoms with Gasteiger partial charge in [0.25, 0.3) is 5.91 Å². The Bertz CT molecular complexity index is 1180. The molecule has 1 unspecified atom stereocenters. The van der Waals surface area contributed by atoms with Gasteiger partial charge in [-0.25, -0.2) is 0 Å². The van der Waals surface area contributed by atoms with Crippen LogP contribution >= 0.6 is 35.0 Å². The number of aromatic nitrogens is 3. The molecule has 0 aliphatic rings. The summed E-state index contributed by atoms with van der Waals surface area (Å²) in [6.45, 7) is 8.09. The molecule has 0 radical (unpaired) electrons. The number of nitrogens with zero attached hydrogens (tertiary/aromatic N) is 3. The standard InChI is InChI=1S/C23H23Cl2N5O2S/c1-4-10-30-20(13-26-22(32)16-7-5-6-14(2)11-16)28-29-23(30)33-15(3)21(31)27-19-9-8-17(24)12-18(19)25/h4-9,11-12,15H,1,10,13H2,2-3H3,(H,26,32)(H,27,31). The number of hydrogen-bond donors (Lipinski definition) is 2. The van der Waals surface area contributed by atoms with Crippen molar-refractivity contribution < 1.29 is 9.59 Å². The summed E-state index contributed by atoms with van der Waals surface area (Å²) in [5.74, 6) is 0.118. The van der Waals surface area contributed by atoms with Crippen LogP contribution in [0.25, 0.3) is 0 Å². The van der Waals surface area contributed by atoms with E-state index in [1.165, 1.54) is 11.8 Å². The van der Waals surface area contributed by atoms with Crippen molar-refractivity contribution in [2.45, 2.75) is 37.3 Å². The fourth-order valence-electron chi connectivity index (χ4n) is 2.93. The number of halogens is 2. The molecule has 0 bridgehead atoms. The molecule has 0 spiro atoms. The van der Waals surface area contributed by atoms with Crippen molar-refractivity contribution in [1.29, 1.82) is 0 Å². The molecule has 10 heteroatoms. The normalized spacial score (nSPS) is 11.6. The zero-order chi connectivity index (χ0) is 24.0. The second-order valence-corrected chi connectivity index (χ2v) is 9.38. The van der Waals surface area contributed by atoms with Gasteiger partial charge in [0.05, 0.1) is 22.5 Å². The summed E-state index contributed by atoms with van der Waals surface area (Å²) >= 11 is 13.3. The summed E-state index contributed by atoms with van der Waals surface area (Å²) < 4.78 is 1.81. The van der Waals surface area contributed by atoms with Crippen LogP contribution in [-0.2, 0) is 17.9 Å². The van der Waals surface area contributed by atoms with Gasteiger partial charge in [0, 0.05) is 17.1 Å². The fourth-order valence-corrected chi connectivity index (χ4v) is 4.27. The molecule has 0 saturated carbocycles. The van der Waals surface area contributed by atoms with E-state index in [2.05, 4.69) is 27.4 Å². The number of hydrogen-bond acceptors (Lipinski definition) is 5. The van der Waals surface area contributed by atoms with Gasteiger partial charge >= 0.3 is 0 Å². The molecule has 0 aliphatic carbocycles. The molecule has 1 atom stereocenters. The van der Waals surface area contributed by atoms with Crippen LogP contribution in [-0.4, -0.2) is 31.8 Å². The van der Waals surface area contributed by atoms with Crippen LogP contribution in [0, 0.1) is 6.92 Å². The Balaban J connectivity index is 1.67. The van der Waals surface area contributed by atoms with E-state index in [-0.39, 0.29) is 18.4 Å². The lowest BCUT2D eigenvalue weighted by Crippen LogP contribution is -2.25. The number of carbonyl (C=O) groups is 2. The maximum atomic E-state index is 12.7. The first kappa shape index (κ1) is 24.8. The van der Waals surface area contributed by atoms with Crippen LogP contribution in [0.4, 0.5) is 5.69 Å². The summed E-state index contributed by atoms with van der Waals surface area (Å²) in [6, 6.07) is 12.2. The lowest BCUT2D eigenvalue weighted by molar-refractivity contribution is -0.115. The highest BCUT2D eigenvalue weighted by atomic mass is 35.5. The fraction of sp³-hybridized carbons (Fsp3) is 0.217. The van der Waals surface area contributed by atoms with Gasteiger partial charge in [-0.05, 0) is 44.2 Å². The molecular formula is C23H23Cl2N5O2S. The van der Waals surface area contributed by atoms with Crippen LogP contribution in [0.3, 0.4) is 0 Å². The molecule has 0 aliphatic heterocycles. The van der Waals surface area contributed by atoms with Gasteiger partial charge in [-0.3, -0.25) is 9.59 Å². The molecule has 0 fully saturated rings. The van der Waals surface area contributed by atoms with Gasteiger partial charge in [0.1, 0.15) is 0 Å². The maximum Gasteiger partial charge on any atom is 0.251 e. The highest BCUT2D eigenvalue weighted by Crippen LogP contribution is 2.28. The molecule has 3 aromatic rings. The molecular weight excluding hydrogens is 481 g/mol. The number of rotatable bonds is 9. The molecule has 7 nitrogen and oxygen atoms in total. The highest BCUT2D eigenvalue weighted by Gasteiger charge is 2.21. The number of thioether (sulfide) groups is 1. The molecule has 2 amide bonds. The third kappa shape index (κ3) is 6.60. The Morgan fingerprint density at radius 1 is 1.21 bits per heavy atom. The SMILES string of the molecule is C=CCn1c(CNC(=O)c2cccc(C)c2)nnc1SC(C)C(=O)Nc1ccc(Cl)cc1Cl. The minimum absolute atomic E-state index is 0.190. The number of anilines is 1. The molecule has 1 aromatic heterocycles. The summed E-state index contributed by atoms with van der Waals surface area (Å²) in [6.07, 6.45) is 1.71. The average Bonchev–Trinajstić information content (AvgIpc) is 3.15. The molecule has 1 heterocycles. The average molecular weight is 504 g/mol. The van der Waals surface area contributed by atoms with Gasteiger partial charge in [-0.2, -0.15) is 0 Å². The van der Waals surface area contributed by atoms with Gasteiger partial charge in [-0.1, -0.05) is 58.7 Å². The first-order valence-corrected chi connectivity index (χ1v) is 11.7. The lowest BCUT2D eigenvalue weighted by Gasteiger charge is -2.14. The maximum absolute atomic E-state index is 12.7. The van der Waals surface area contributed by atoms with E-state index in [0.717, 1.165) is 5.56 Å². The number of benzene rings is 2. The van der Waals surface area contributed by atoms with Crippen molar-refractivity contribution in [3.05, 3.63) is 82.1 Å². The van der Waals surface area contributed by atoms with E-state index in [1.54, 1.807) is 37.3 Å². The Labute approximate surface area is 206 Å². The third-order valence-corrected chi connectivity index (χ3v) is 6.26. The molecule has 33 heavy (non-hydrogen) atoms. The van der Waals surface area contributed by atoms with Crippen LogP contribution in [0.2, 0.25) is 10.0 Å². The second kappa shape index (κ2) is 11.4. The highest BCUT2D eigenvalue weighted by molar-refractivity contribution is 8.00. The van der Waals surface area contributed by atoms with Crippen molar-refractivity contribution in [3.63, 3.8) is 0 Å². The Morgan fingerprint density at radius 3 is 2.70 bits per heavy atom. The topological polar surface area (TPSA) is 88.9 Å². The molecule has 2 aromatic carbocycles. The minimum Gasteiger partial charge on any atom is -0.345 e. The molecule has 3 rings (SSSR count). The zero-order valence-electron chi connectivity index (χ0n) is 18.1.